The maximum absolute atomic E-state index is 12.9. The number of alkyl halides is 3. The molecule has 2 N–H and O–H groups in total. The Morgan fingerprint density at radius 3 is 2.73 bits per heavy atom. The molecular weight excluding hydrogens is 363 g/mol. The number of carbonyl (C=O) groups is 1. The summed E-state index contributed by atoms with van der Waals surface area (Å²) in [6, 6.07) is 3.62. The molecule has 1 aliphatic rings. The van der Waals surface area contributed by atoms with Crippen molar-refractivity contribution in [2.45, 2.75) is 45.0 Å². The number of aryl methyl sites for hydroxylation is 1. The fourth-order valence-corrected chi connectivity index (χ4v) is 4.32. The number of rotatable bonds is 6. The Bertz CT molecular complexity index is 799. The molecule has 140 valence electrons. The van der Waals surface area contributed by atoms with Gasteiger partial charge in [-0.3, -0.25) is 4.79 Å². The molecule has 7 heteroatoms. The van der Waals surface area contributed by atoms with E-state index >= 15 is 0 Å². The minimum Gasteiger partial charge on any atom is -0.392 e. The highest BCUT2D eigenvalue weighted by atomic mass is 32.1. The number of aliphatic hydroxyl groups is 1. The van der Waals surface area contributed by atoms with Crippen LogP contribution in [0.2, 0.25) is 0 Å². The number of ketones is 1. The van der Waals surface area contributed by atoms with E-state index in [0.29, 0.717) is 24.8 Å². The summed E-state index contributed by atoms with van der Waals surface area (Å²) in [4.78, 5) is 13.7. The SMILES string of the molecule is O=C(CCCc1cc(CO)cc(C(F)(F)F)c1)c1csc2c1CCNC2. The first-order valence-electron chi connectivity index (χ1n) is 8.52. The summed E-state index contributed by atoms with van der Waals surface area (Å²) in [5, 5.41) is 14.3. The van der Waals surface area contributed by atoms with Gasteiger partial charge in [0.05, 0.1) is 12.2 Å². The van der Waals surface area contributed by atoms with Crippen molar-refractivity contribution in [2.24, 2.45) is 0 Å². The van der Waals surface area contributed by atoms with Gasteiger partial charge in [-0.2, -0.15) is 13.2 Å². The summed E-state index contributed by atoms with van der Waals surface area (Å²) in [6.45, 7) is 1.21. The number of Topliss-reactive ketones (excluding diaryl/α,β-unsaturated/α-hetero) is 1. The zero-order valence-electron chi connectivity index (χ0n) is 14.2. The maximum Gasteiger partial charge on any atom is 0.416 e. The van der Waals surface area contributed by atoms with Crippen LogP contribution in [0.15, 0.2) is 23.6 Å². The van der Waals surface area contributed by atoms with Gasteiger partial charge >= 0.3 is 6.18 Å². The van der Waals surface area contributed by atoms with Crippen molar-refractivity contribution in [1.82, 2.24) is 5.32 Å². The van der Waals surface area contributed by atoms with Gasteiger partial charge in [-0.05, 0) is 54.6 Å². The topological polar surface area (TPSA) is 49.3 Å². The number of aliphatic hydroxyl groups excluding tert-OH is 1. The highest BCUT2D eigenvalue weighted by molar-refractivity contribution is 7.10. The van der Waals surface area contributed by atoms with E-state index < -0.39 is 18.3 Å². The van der Waals surface area contributed by atoms with Crippen LogP contribution in [0.25, 0.3) is 0 Å². The number of hydrogen-bond donors (Lipinski definition) is 2. The highest BCUT2D eigenvalue weighted by Gasteiger charge is 2.31. The second-order valence-corrected chi connectivity index (χ2v) is 7.41. The van der Waals surface area contributed by atoms with Crippen molar-refractivity contribution >= 4 is 17.1 Å². The lowest BCUT2D eigenvalue weighted by Crippen LogP contribution is -2.23. The van der Waals surface area contributed by atoms with E-state index in [2.05, 4.69) is 5.32 Å². The molecule has 1 aromatic heterocycles. The molecule has 0 aliphatic carbocycles. The monoisotopic (exact) mass is 383 g/mol. The fourth-order valence-electron chi connectivity index (χ4n) is 3.24. The van der Waals surface area contributed by atoms with Crippen LogP contribution in [0.1, 0.15) is 50.3 Å². The summed E-state index contributed by atoms with van der Waals surface area (Å²) < 4.78 is 38.8. The van der Waals surface area contributed by atoms with Crippen molar-refractivity contribution < 1.29 is 23.1 Å². The first kappa shape index (κ1) is 19.1. The van der Waals surface area contributed by atoms with Gasteiger partial charge in [0.15, 0.2) is 5.78 Å². The summed E-state index contributed by atoms with van der Waals surface area (Å²) in [7, 11) is 0. The summed E-state index contributed by atoms with van der Waals surface area (Å²) in [6.07, 6.45) is -2.45. The number of carbonyl (C=O) groups excluding carboxylic acids is 1. The average molecular weight is 383 g/mol. The van der Waals surface area contributed by atoms with Gasteiger partial charge in [-0.25, -0.2) is 0 Å². The van der Waals surface area contributed by atoms with Crippen LogP contribution in [-0.2, 0) is 32.2 Å². The zero-order valence-corrected chi connectivity index (χ0v) is 15.0. The molecule has 0 radical (unpaired) electrons. The van der Waals surface area contributed by atoms with Crippen LogP contribution in [0.4, 0.5) is 13.2 Å². The number of benzene rings is 1. The molecule has 0 saturated carbocycles. The van der Waals surface area contributed by atoms with Crippen LogP contribution in [-0.4, -0.2) is 17.4 Å². The molecule has 1 aliphatic heterocycles. The predicted octanol–water partition coefficient (Wildman–Crippen LogP) is 4.11. The molecule has 0 fully saturated rings. The lowest BCUT2D eigenvalue weighted by molar-refractivity contribution is -0.137. The van der Waals surface area contributed by atoms with Crippen LogP contribution in [0.5, 0.6) is 0 Å². The molecule has 0 spiro atoms. The second-order valence-electron chi connectivity index (χ2n) is 6.45. The molecule has 2 aromatic rings. The van der Waals surface area contributed by atoms with Crippen molar-refractivity contribution in [3.63, 3.8) is 0 Å². The van der Waals surface area contributed by atoms with Crippen molar-refractivity contribution in [2.75, 3.05) is 6.54 Å². The average Bonchev–Trinajstić information content (AvgIpc) is 3.05. The summed E-state index contributed by atoms with van der Waals surface area (Å²) in [5.41, 5.74) is 1.87. The minimum absolute atomic E-state index is 0.0544. The van der Waals surface area contributed by atoms with Crippen molar-refractivity contribution in [3.05, 3.63) is 56.3 Å². The standard InChI is InChI=1S/C19H20F3NO2S/c20-19(21,22)14-7-12(6-13(8-14)10-24)2-1-3-17(25)16-11-26-18-9-23-5-4-15(16)18/h6-8,11,23-24H,1-5,9-10H2. The molecule has 3 rings (SSSR count). The Hall–Kier alpha value is -1.70. The first-order valence-corrected chi connectivity index (χ1v) is 9.40. The third-order valence-electron chi connectivity index (χ3n) is 4.55. The van der Waals surface area contributed by atoms with E-state index in [0.717, 1.165) is 42.8 Å². The second kappa shape index (κ2) is 7.90. The van der Waals surface area contributed by atoms with Crippen LogP contribution in [0.3, 0.4) is 0 Å². The third kappa shape index (κ3) is 4.34. The molecule has 1 aromatic carbocycles. The Morgan fingerprint density at radius 2 is 2.00 bits per heavy atom. The molecule has 0 amide bonds. The molecule has 2 heterocycles. The lowest BCUT2D eigenvalue weighted by atomic mass is 9.97. The Kier molecular flexibility index (Phi) is 5.79. The number of thiophene rings is 1. The molecule has 0 unspecified atom stereocenters. The van der Waals surface area contributed by atoms with Gasteiger partial charge in [0.25, 0.3) is 0 Å². The number of hydrogen-bond acceptors (Lipinski definition) is 4. The van der Waals surface area contributed by atoms with E-state index in [1.54, 1.807) is 17.4 Å². The van der Waals surface area contributed by atoms with Crippen molar-refractivity contribution in [1.29, 1.82) is 0 Å². The van der Waals surface area contributed by atoms with E-state index in [4.69, 9.17) is 0 Å². The third-order valence-corrected chi connectivity index (χ3v) is 5.58. The Labute approximate surface area is 153 Å². The van der Waals surface area contributed by atoms with Crippen molar-refractivity contribution in [3.8, 4) is 0 Å². The van der Waals surface area contributed by atoms with Crippen LogP contribution in [0, 0.1) is 0 Å². The molecule has 0 bridgehead atoms. The predicted molar refractivity (Wildman–Crippen MR) is 94.4 cm³/mol. The van der Waals surface area contributed by atoms with E-state index in [1.807, 2.05) is 5.38 Å². The summed E-state index contributed by atoms with van der Waals surface area (Å²) in [5.74, 6) is 0.0544. The smallest absolute Gasteiger partial charge is 0.392 e. The van der Waals surface area contributed by atoms with Gasteiger partial charge in [-0.1, -0.05) is 6.07 Å². The Balaban J connectivity index is 1.64. The molecule has 3 nitrogen and oxygen atoms in total. The lowest BCUT2D eigenvalue weighted by Gasteiger charge is -2.14. The van der Waals surface area contributed by atoms with E-state index in [-0.39, 0.29) is 11.3 Å². The van der Waals surface area contributed by atoms with Gasteiger partial charge in [0, 0.05) is 28.8 Å². The van der Waals surface area contributed by atoms with Crippen LogP contribution < -0.4 is 5.32 Å². The quantitative estimate of drug-likeness (QED) is 0.738. The van der Waals surface area contributed by atoms with Gasteiger partial charge < -0.3 is 10.4 Å². The normalized spacial score (nSPS) is 14.3. The van der Waals surface area contributed by atoms with E-state index in [1.165, 1.54) is 4.88 Å². The fraction of sp³-hybridized carbons (Fsp3) is 0.421. The van der Waals surface area contributed by atoms with Gasteiger partial charge in [0.1, 0.15) is 0 Å². The first-order chi connectivity index (χ1) is 12.4. The van der Waals surface area contributed by atoms with Gasteiger partial charge in [-0.15, -0.1) is 11.3 Å². The van der Waals surface area contributed by atoms with Crippen LogP contribution >= 0.6 is 11.3 Å². The zero-order chi connectivity index (χ0) is 18.7. The number of nitrogens with one attached hydrogen (secondary N) is 1. The molecular formula is C19H20F3NO2S. The minimum atomic E-state index is -4.44. The summed E-state index contributed by atoms with van der Waals surface area (Å²) >= 11 is 1.58. The van der Waals surface area contributed by atoms with Gasteiger partial charge in [0.2, 0.25) is 0 Å². The van der Waals surface area contributed by atoms with E-state index in [9.17, 15) is 23.1 Å². The number of halogens is 3. The molecule has 0 atom stereocenters. The number of fused-ring (bicyclic) bond motifs is 1. The maximum atomic E-state index is 12.9. The Morgan fingerprint density at radius 1 is 1.23 bits per heavy atom. The largest absolute Gasteiger partial charge is 0.416 e. The highest BCUT2D eigenvalue weighted by Crippen LogP contribution is 2.31. The molecule has 0 saturated heterocycles. The molecule has 26 heavy (non-hydrogen) atoms.